The van der Waals surface area contributed by atoms with Gasteiger partial charge >= 0.3 is 18.2 Å². The summed E-state index contributed by atoms with van der Waals surface area (Å²) < 4.78 is 10.1. The Balaban J connectivity index is 2.41. The molecule has 6 N–H and O–H groups in total. The van der Waals surface area contributed by atoms with E-state index in [0.717, 1.165) is 11.8 Å². The van der Waals surface area contributed by atoms with Crippen molar-refractivity contribution in [1.29, 1.82) is 0 Å². The molecule has 0 aliphatic carbocycles. The maximum Gasteiger partial charge on any atom is 0.407 e. The number of hydrogen-bond donors (Lipinski definition) is 6. The molecule has 158 valence electrons. The number of rotatable bonds is 3. The first-order chi connectivity index (χ1) is 13.7. The van der Waals surface area contributed by atoms with E-state index in [4.69, 9.17) is 19.7 Å². The van der Waals surface area contributed by atoms with Crippen molar-refractivity contribution in [3.05, 3.63) is 23.3 Å². The lowest BCUT2D eigenvalue weighted by molar-refractivity contribution is -0.124. The van der Waals surface area contributed by atoms with Crippen LogP contribution in [0.5, 0.6) is 11.5 Å². The van der Waals surface area contributed by atoms with E-state index in [1.807, 2.05) is 5.32 Å². The smallest absolute Gasteiger partial charge is 0.407 e. The Labute approximate surface area is 168 Å². The summed E-state index contributed by atoms with van der Waals surface area (Å²) in [5, 5.41) is 34.5. The van der Waals surface area contributed by atoms with Crippen LogP contribution >= 0.6 is 11.8 Å². The van der Waals surface area contributed by atoms with E-state index in [1.54, 1.807) is 0 Å². The van der Waals surface area contributed by atoms with Crippen LogP contribution in [0.25, 0.3) is 0 Å². The Morgan fingerprint density at radius 2 is 1.93 bits per heavy atom. The van der Waals surface area contributed by atoms with Gasteiger partial charge in [-0.2, -0.15) is 11.8 Å². The fourth-order valence-corrected chi connectivity index (χ4v) is 3.53. The topological polar surface area (TPSA) is 184 Å². The van der Waals surface area contributed by atoms with Crippen LogP contribution in [0.1, 0.15) is 22.3 Å². The second-order valence-electron chi connectivity index (χ2n) is 5.80. The van der Waals surface area contributed by atoms with Gasteiger partial charge in [-0.25, -0.2) is 14.4 Å². The molecule has 1 aromatic rings. The van der Waals surface area contributed by atoms with Gasteiger partial charge in [0.05, 0.1) is 19.1 Å². The normalized spacial score (nSPS) is 20.0. The number of hydrogen-bond acceptors (Lipinski definition) is 8. The molecule has 13 heteroatoms. The second-order valence-corrected chi connectivity index (χ2v) is 6.84. The second kappa shape index (κ2) is 9.73. The zero-order valence-electron chi connectivity index (χ0n) is 15.1. The molecule has 3 amide bonds. The van der Waals surface area contributed by atoms with E-state index >= 15 is 0 Å². The van der Waals surface area contributed by atoms with E-state index in [-0.39, 0.29) is 34.1 Å². The number of fused-ring (bicyclic) bond motifs is 1. The number of carboxylic acid groups (broad SMARTS) is 2. The van der Waals surface area contributed by atoms with Crippen molar-refractivity contribution in [2.45, 2.75) is 24.6 Å². The molecule has 0 spiro atoms. The number of amides is 3. The average molecular weight is 429 g/mol. The van der Waals surface area contributed by atoms with Gasteiger partial charge < -0.3 is 35.4 Å². The summed E-state index contributed by atoms with van der Waals surface area (Å²) in [4.78, 5) is 46.7. The van der Waals surface area contributed by atoms with E-state index in [2.05, 4.69) is 10.6 Å². The summed E-state index contributed by atoms with van der Waals surface area (Å²) in [6.45, 7) is 0. The number of carbonyl (C=O) groups excluding carboxylic acids is 2. The monoisotopic (exact) mass is 429 g/mol. The van der Waals surface area contributed by atoms with Crippen LogP contribution in [0.4, 0.5) is 9.59 Å². The SMILES string of the molecule is COc1cc(O)c2c(c1)C(=O)OC(NC(=O)O)CC(=O)NC(NC(=O)O)CSC2. The number of benzene rings is 1. The van der Waals surface area contributed by atoms with Crippen LogP contribution in [-0.4, -0.2) is 64.6 Å². The highest BCUT2D eigenvalue weighted by Crippen LogP contribution is 2.32. The average Bonchev–Trinajstić information content (AvgIpc) is 2.60. The molecule has 0 saturated carbocycles. The minimum Gasteiger partial charge on any atom is -0.507 e. The Morgan fingerprint density at radius 3 is 2.55 bits per heavy atom. The number of carbonyl (C=O) groups is 4. The molecule has 1 aromatic carbocycles. The predicted octanol–water partition coefficient (Wildman–Crippen LogP) is 0.498. The number of nitrogens with one attached hydrogen (secondary N) is 3. The third-order valence-corrected chi connectivity index (χ3v) is 4.79. The highest BCUT2D eigenvalue weighted by Gasteiger charge is 2.27. The quantitative estimate of drug-likeness (QED) is 0.370. The summed E-state index contributed by atoms with van der Waals surface area (Å²) in [7, 11) is 1.33. The van der Waals surface area contributed by atoms with Crippen molar-refractivity contribution < 1.29 is 44.0 Å². The molecule has 0 radical (unpaired) electrons. The fraction of sp³-hybridized carbons (Fsp3) is 0.375. The first kappa shape index (κ1) is 21.9. The molecule has 0 saturated heterocycles. The molecule has 1 heterocycles. The van der Waals surface area contributed by atoms with Gasteiger partial charge in [-0.05, 0) is 6.07 Å². The van der Waals surface area contributed by atoms with Gasteiger partial charge in [0.2, 0.25) is 5.91 Å². The van der Waals surface area contributed by atoms with Crippen molar-refractivity contribution in [3.8, 4) is 11.5 Å². The minimum absolute atomic E-state index is 0.0738. The van der Waals surface area contributed by atoms with Gasteiger partial charge in [0.1, 0.15) is 17.7 Å². The first-order valence-electron chi connectivity index (χ1n) is 8.16. The fourth-order valence-electron chi connectivity index (χ4n) is 2.50. The first-order valence-corrected chi connectivity index (χ1v) is 9.32. The molecule has 2 atom stereocenters. The number of aromatic hydroxyl groups is 1. The Bertz CT molecular complexity index is 817. The number of phenols is 1. The molecule has 2 unspecified atom stereocenters. The molecule has 1 aliphatic rings. The van der Waals surface area contributed by atoms with E-state index in [1.165, 1.54) is 19.2 Å². The zero-order valence-corrected chi connectivity index (χ0v) is 15.9. The number of methoxy groups -OCH3 is 1. The lowest BCUT2D eigenvalue weighted by Crippen LogP contribution is -2.51. The maximum absolute atomic E-state index is 12.6. The number of cyclic esters (lactones) is 1. The number of ether oxygens (including phenoxy) is 2. The number of phenolic OH excluding ortho intramolecular Hbond substituents is 1. The molecular formula is C16H19N3O9S. The van der Waals surface area contributed by atoms with Gasteiger partial charge in [0.15, 0.2) is 6.23 Å². The van der Waals surface area contributed by atoms with Crippen molar-refractivity contribution in [1.82, 2.24) is 16.0 Å². The van der Waals surface area contributed by atoms with Gasteiger partial charge in [-0.3, -0.25) is 10.1 Å². The summed E-state index contributed by atoms with van der Waals surface area (Å²) in [5.41, 5.74) is 0.117. The number of esters is 1. The summed E-state index contributed by atoms with van der Waals surface area (Å²) in [5.74, 6) is -1.65. The van der Waals surface area contributed by atoms with E-state index < -0.39 is 42.9 Å². The van der Waals surface area contributed by atoms with Crippen LogP contribution in [0.2, 0.25) is 0 Å². The number of thioether (sulfide) groups is 1. The van der Waals surface area contributed by atoms with E-state index in [0.29, 0.717) is 0 Å². The highest BCUT2D eigenvalue weighted by atomic mass is 32.2. The molecular weight excluding hydrogens is 410 g/mol. The maximum atomic E-state index is 12.6. The lowest BCUT2D eigenvalue weighted by atomic mass is 10.1. The zero-order chi connectivity index (χ0) is 21.6. The molecule has 2 rings (SSSR count). The third-order valence-electron chi connectivity index (χ3n) is 3.72. The van der Waals surface area contributed by atoms with Crippen molar-refractivity contribution >= 4 is 35.8 Å². The van der Waals surface area contributed by atoms with Gasteiger partial charge in [0.25, 0.3) is 0 Å². The Kier molecular flexibility index (Phi) is 7.36. The molecule has 0 fully saturated rings. The minimum atomic E-state index is -1.54. The Hall–Kier alpha value is -3.35. The van der Waals surface area contributed by atoms with Gasteiger partial charge in [-0.15, -0.1) is 0 Å². The summed E-state index contributed by atoms with van der Waals surface area (Å²) >= 11 is 1.14. The molecule has 12 nitrogen and oxygen atoms in total. The van der Waals surface area contributed by atoms with Crippen molar-refractivity contribution in [2.75, 3.05) is 12.9 Å². The third kappa shape index (κ3) is 6.34. The molecule has 29 heavy (non-hydrogen) atoms. The van der Waals surface area contributed by atoms with Crippen molar-refractivity contribution in [2.24, 2.45) is 0 Å². The van der Waals surface area contributed by atoms with E-state index in [9.17, 15) is 24.3 Å². The molecule has 1 aliphatic heterocycles. The van der Waals surface area contributed by atoms with Crippen LogP contribution in [0, 0.1) is 0 Å². The lowest BCUT2D eigenvalue weighted by Gasteiger charge is -2.23. The van der Waals surface area contributed by atoms with Gasteiger partial charge in [-0.1, -0.05) is 0 Å². The van der Waals surface area contributed by atoms with Gasteiger partial charge in [0, 0.05) is 23.1 Å². The largest absolute Gasteiger partial charge is 0.507 e. The molecule has 0 aromatic heterocycles. The van der Waals surface area contributed by atoms with Crippen LogP contribution in [-0.2, 0) is 15.3 Å². The van der Waals surface area contributed by atoms with Crippen LogP contribution < -0.4 is 20.7 Å². The summed E-state index contributed by atoms with van der Waals surface area (Å²) in [6.07, 6.45) is -6.03. The molecule has 0 bridgehead atoms. The highest BCUT2D eigenvalue weighted by molar-refractivity contribution is 7.98. The van der Waals surface area contributed by atoms with Crippen LogP contribution in [0.3, 0.4) is 0 Å². The van der Waals surface area contributed by atoms with Crippen LogP contribution in [0.15, 0.2) is 12.1 Å². The van der Waals surface area contributed by atoms with Crippen molar-refractivity contribution in [3.63, 3.8) is 0 Å². The standard InChI is InChI=1S/C16H19N3O9S/c1-27-7-2-8-9(10(20)3-7)5-29-6-11(18-15(23)24)17-12(21)4-13(19-16(25)26)28-14(8)22/h2-3,11,13,18-20H,4-6H2,1H3,(H,17,21)(H,23,24)(H,25,26). The Morgan fingerprint density at radius 1 is 1.24 bits per heavy atom. The predicted molar refractivity (Wildman–Crippen MR) is 98.9 cm³/mol. The summed E-state index contributed by atoms with van der Waals surface area (Å²) in [6, 6.07) is 2.61.